The van der Waals surface area contributed by atoms with Crippen LogP contribution in [0.25, 0.3) is 5.70 Å². The summed E-state index contributed by atoms with van der Waals surface area (Å²) in [7, 11) is 4.80. The number of carbonyl (C=O) groups is 1. The zero-order valence-electron chi connectivity index (χ0n) is 20.7. The molecule has 4 rings (SSSR count). The number of hydrogen-bond acceptors (Lipinski definition) is 8. The maximum atomic E-state index is 11.7. The Kier molecular flexibility index (Phi) is 7.31. The molecule has 35 heavy (non-hydrogen) atoms. The summed E-state index contributed by atoms with van der Waals surface area (Å²) >= 11 is 0. The van der Waals surface area contributed by atoms with Crippen molar-refractivity contribution in [1.29, 1.82) is 0 Å². The van der Waals surface area contributed by atoms with Crippen molar-refractivity contribution in [3.05, 3.63) is 40.6 Å². The van der Waals surface area contributed by atoms with Gasteiger partial charge in [0.1, 0.15) is 36.1 Å². The smallest absolute Gasteiger partial charge is 0.409 e. The normalized spacial score (nSPS) is 22.1. The zero-order chi connectivity index (χ0) is 25.2. The van der Waals surface area contributed by atoms with Gasteiger partial charge in [-0.2, -0.15) is 0 Å². The van der Waals surface area contributed by atoms with Crippen LogP contribution in [0.3, 0.4) is 0 Å². The summed E-state index contributed by atoms with van der Waals surface area (Å²) in [6, 6.07) is 3.78. The van der Waals surface area contributed by atoms with E-state index in [1.807, 2.05) is 26.0 Å². The van der Waals surface area contributed by atoms with Crippen LogP contribution in [-0.2, 0) is 25.6 Å². The van der Waals surface area contributed by atoms with Gasteiger partial charge in [-0.25, -0.2) is 4.79 Å². The molecule has 0 aromatic heterocycles. The van der Waals surface area contributed by atoms with Crippen LogP contribution < -0.4 is 14.8 Å². The van der Waals surface area contributed by atoms with Gasteiger partial charge in [0.25, 0.3) is 0 Å². The molecule has 11 nitrogen and oxygen atoms in total. The van der Waals surface area contributed by atoms with Gasteiger partial charge in [-0.1, -0.05) is 16.6 Å². The first-order valence-electron chi connectivity index (χ1n) is 11.4. The molecule has 1 saturated heterocycles. The molecule has 0 aliphatic carbocycles. The van der Waals surface area contributed by atoms with E-state index < -0.39 is 6.09 Å². The topological polar surface area (TPSA) is 117 Å². The van der Waals surface area contributed by atoms with E-state index in [1.165, 1.54) is 0 Å². The molecule has 1 unspecified atom stereocenters. The second kappa shape index (κ2) is 10.2. The maximum absolute atomic E-state index is 11.7. The number of ether oxygens (including phenoxy) is 6. The minimum absolute atomic E-state index is 0.0148. The van der Waals surface area contributed by atoms with Gasteiger partial charge in [0.15, 0.2) is 11.5 Å². The van der Waals surface area contributed by atoms with Crippen LogP contribution in [-0.4, -0.2) is 69.4 Å². The highest BCUT2D eigenvalue weighted by Crippen LogP contribution is 2.53. The average Bonchev–Trinajstić information content (AvgIpc) is 3.27. The van der Waals surface area contributed by atoms with Crippen molar-refractivity contribution in [3.8, 4) is 11.5 Å². The largest absolute Gasteiger partial charge is 0.496 e. The van der Waals surface area contributed by atoms with Crippen molar-refractivity contribution < 1.29 is 42.9 Å². The number of carboxylic acid groups (broad SMARTS) is 1. The molecule has 1 fully saturated rings. The number of nitrogens with zero attached hydrogens (tertiary/aromatic N) is 2. The molecule has 3 aliphatic heterocycles. The fraction of sp³-hybridized carbons (Fsp3) is 0.500. The average molecular weight is 491 g/mol. The van der Waals surface area contributed by atoms with Gasteiger partial charge in [0, 0.05) is 14.0 Å². The van der Waals surface area contributed by atoms with Crippen molar-refractivity contribution in [1.82, 2.24) is 5.32 Å². The summed E-state index contributed by atoms with van der Waals surface area (Å²) in [5.41, 5.74) is 3.21. The van der Waals surface area contributed by atoms with Crippen molar-refractivity contribution >= 4 is 17.5 Å². The third-order valence-corrected chi connectivity index (χ3v) is 6.16. The monoisotopic (exact) mass is 490 g/mol. The van der Waals surface area contributed by atoms with Crippen molar-refractivity contribution in [2.24, 2.45) is 11.0 Å². The summed E-state index contributed by atoms with van der Waals surface area (Å²) in [5, 5.41) is 17.1. The van der Waals surface area contributed by atoms with Gasteiger partial charge in [0.2, 0.25) is 5.70 Å². The standard InChI is InChI=1S/C24H31N3O8/c1-6-17-21(25-24(28)29)23-27(26-17,9-16-11-33-13-34-12-16)22(14(2)35-23)20-18(31-4)7-15(10-30-3)8-19(20)32-5/h7-8,16,25H,6,9-13H2,1-5H3/p+1. The quantitative estimate of drug-likeness (QED) is 0.507. The first-order valence-corrected chi connectivity index (χ1v) is 11.4. The Hall–Kier alpha value is -3.12. The lowest BCUT2D eigenvalue weighted by Crippen LogP contribution is -2.44. The highest BCUT2D eigenvalue weighted by atomic mass is 16.7. The predicted molar refractivity (Wildman–Crippen MR) is 125 cm³/mol. The number of methoxy groups -OCH3 is 3. The number of hydrogen-bond donors (Lipinski definition) is 2. The number of quaternary nitrogens is 1. The zero-order valence-corrected chi connectivity index (χ0v) is 20.7. The molecule has 0 radical (unpaired) electrons. The van der Waals surface area contributed by atoms with Gasteiger partial charge in [-0.05, 0) is 24.1 Å². The highest BCUT2D eigenvalue weighted by Gasteiger charge is 2.58. The number of nitrogens with one attached hydrogen (secondary N) is 1. The molecule has 11 heteroatoms. The van der Waals surface area contributed by atoms with E-state index in [0.29, 0.717) is 78.6 Å². The lowest BCUT2D eigenvalue weighted by Gasteiger charge is -2.32. The Morgan fingerprint density at radius 1 is 1.20 bits per heavy atom. The molecule has 1 amide bonds. The van der Waals surface area contributed by atoms with Crippen LogP contribution in [0, 0.1) is 5.92 Å². The van der Waals surface area contributed by atoms with Crippen LogP contribution in [0.4, 0.5) is 4.79 Å². The van der Waals surface area contributed by atoms with E-state index in [9.17, 15) is 9.90 Å². The molecule has 3 heterocycles. The summed E-state index contributed by atoms with van der Waals surface area (Å²) in [5.74, 6) is 2.08. The van der Waals surface area contributed by atoms with Crippen molar-refractivity contribution in [2.75, 3.05) is 47.9 Å². The van der Waals surface area contributed by atoms with Crippen LogP contribution in [0.2, 0.25) is 0 Å². The molecular formula is C24H32N3O8+. The number of amides is 1. The minimum atomic E-state index is -1.19. The van der Waals surface area contributed by atoms with Crippen molar-refractivity contribution in [3.63, 3.8) is 0 Å². The Bertz CT molecular complexity index is 1070. The van der Waals surface area contributed by atoms with Crippen LogP contribution >= 0.6 is 0 Å². The van der Waals surface area contributed by atoms with Gasteiger partial charge in [0.05, 0.1) is 40.0 Å². The second-order valence-electron chi connectivity index (χ2n) is 8.50. The van der Waals surface area contributed by atoms with Crippen LogP contribution in [0.1, 0.15) is 31.4 Å². The SMILES string of the molecule is CCC1=N[N+]2(CC3COCOC3)C(=C1NC(=O)O)OC(C)=C2c1c(OC)cc(COC)cc1OC. The number of benzene rings is 1. The summed E-state index contributed by atoms with van der Waals surface area (Å²) in [6.07, 6.45) is -0.681. The maximum Gasteiger partial charge on any atom is 0.409 e. The molecule has 1 atom stereocenters. The molecule has 2 N–H and O–H groups in total. The first kappa shape index (κ1) is 25.0. The van der Waals surface area contributed by atoms with Gasteiger partial charge in [-0.3, -0.25) is 5.32 Å². The lowest BCUT2D eigenvalue weighted by molar-refractivity contribution is -0.837. The van der Waals surface area contributed by atoms with E-state index in [0.717, 1.165) is 5.56 Å². The summed E-state index contributed by atoms with van der Waals surface area (Å²) in [6.45, 7) is 5.78. The summed E-state index contributed by atoms with van der Waals surface area (Å²) in [4.78, 5) is 11.7. The van der Waals surface area contributed by atoms with E-state index >= 15 is 0 Å². The Balaban J connectivity index is 1.94. The Morgan fingerprint density at radius 3 is 2.40 bits per heavy atom. The molecular weight excluding hydrogens is 458 g/mol. The first-order chi connectivity index (χ1) is 16.9. The summed E-state index contributed by atoms with van der Waals surface area (Å²) < 4.78 is 34.2. The highest BCUT2D eigenvalue weighted by molar-refractivity contribution is 6.03. The molecule has 1 aromatic carbocycles. The van der Waals surface area contributed by atoms with Gasteiger partial charge < -0.3 is 33.5 Å². The van der Waals surface area contributed by atoms with Crippen LogP contribution in [0.15, 0.2) is 34.6 Å². The number of allylic oxidation sites excluding steroid dienone is 2. The van der Waals surface area contributed by atoms with E-state index in [1.54, 1.807) is 21.3 Å². The van der Waals surface area contributed by atoms with E-state index in [4.69, 9.17) is 33.5 Å². The third-order valence-electron chi connectivity index (χ3n) is 6.16. The minimum Gasteiger partial charge on any atom is -0.496 e. The second-order valence-corrected chi connectivity index (χ2v) is 8.50. The Labute approximate surface area is 204 Å². The van der Waals surface area contributed by atoms with Gasteiger partial charge in [-0.15, -0.1) is 0 Å². The third kappa shape index (κ3) is 4.47. The van der Waals surface area contributed by atoms with Gasteiger partial charge >= 0.3 is 12.0 Å². The molecule has 0 bridgehead atoms. The fourth-order valence-electron chi connectivity index (χ4n) is 4.86. The number of fused-ring (bicyclic) bond motifs is 1. The molecule has 1 aromatic rings. The van der Waals surface area contributed by atoms with E-state index in [2.05, 4.69) is 5.32 Å². The molecule has 0 spiro atoms. The molecule has 3 aliphatic rings. The lowest BCUT2D eigenvalue weighted by atomic mass is 10.0. The predicted octanol–water partition coefficient (Wildman–Crippen LogP) is 3.22. The Morgan fingerprint density at radius 2 is 1.86 bits per heavy atom. The molecule has 190 valence electrons. The molecule has 0 saturated carbocycles. The van der Waals surface area contributed by atoms with Crippen molar-refractivity contribution in [2.45, 2.75) is 26.9 Å². The van der Waals surface area contributed by atoms with E-state index in [-0.39, 0.29) is 17.3 Å². The fourth-order valence-corrected chi connectivity index (χ4v) is 4.86. The van der Waals surface area contributed by atoms with Crippen LogP contribution in [0.5, 0.6) is 11.5 Å². The number of rotatable bonds is 9.